The van der Waals surface area contributed by atoms with Gasteiger partial charge in [0, 0.05) is 10.0 Å². The van der Waals surface area contributed by atoms with E-state index in [1.807, 2.05) is 0 Å². The summed E-state index contributed by atoms with van der Waals surface area (Å²) in [6.45, 7) is -0.244. The highest BCUT2D eigenvalue weighted by molar-refractivity contribution is 9.10. The normalized spacial score (nSPS) is 10.3. The molecule has 0 saturated carbocycles. The average molecular weight is 418 g/mol. The van der Waals surface area contributed by atoms with Crippen molar-refractivity contribution in [1.29, 1.82) is 0 Å². The molecule has 2 aromatic rings. The van der Waals surface area contributed by atoms with Gasteiger partial charge < -0.3 is 9.47 Å². The first-order valence-corrected chi connectivity index (χ1v) is 7.54. The Morgan fingerprint density at radius 2 is 1.90 bits per heavy atom. The van der Waals surface area contributed by atoms with Gasteiger partial charge in [0.1, 0.15) is 5.75 Å². The summed E-state index contributed by atoms with van der Waals surface area (Å²) in [5.74, 6) is -0.101. The molecule has 0 heterocycles. The molecule has 0 aliphatic heterocycles. The van der Waals surface area contributed by atoms with E-state index in [4.69, 9.17) is 9.47 Å². The molecule has 0 spiro atoms. The van der Waals surface area contributed by atoms with Gasteiger partial charge in [-0.25, -0.2) is 4.39 Å². The third-order valence-corrected chi connectivity index (χ3v) is 3.84. The Bertz CT molecular complexity index is 674. The van der Waals surface area contributed by atoms with Gasteiger partial charge in [0.15, 0.2) is 24.0 Å². The summed E-state index contributed by atoms with van der Waals surface area (Å²) < 4.78 is 25.2. The van der Waals surface area contributed by atoms with E-state index in [0.29, 0.717) is 20.3 Å². The lowest BCUT2D eigenvalue weighted by Crippen LogP contribution is -2.12. The first kappa shape index (κ1) is 16.0. The van der Waals surface area contributed by atoms with E-state index < -0.39 is 5.82 Å². The van der Waals surface area contributed by atoms with E-state index >= 15 is 0 Å². The lowest BCUT2D eigenvalue weighted by molar-refractivity contribution is 0.0918. The average Bonchev–Trinajstić information content (AvgIpc) is 2.47. The van der Waals surface area contributed by atoms with Gasteiger partial charge in [-0.05, 0) is 52.3 Å². The van der Waals surface area contributed by atoms with Gasteiger partial charge in [0.2, 0.25) is 0 Å². The largest absolute Gasteiger partial charge is 0.496 e. The van der Waals surface area contributed by atoms with E-state index in [2.05, 4.69) is 31.9 Å². The maximum Gasteiger partial charge on any atom is 0.200 e. The van der Waals surface area contributed by atoms with Crippen molar-refractivity contribution in [1.82, 2.24) is 0 Å². The zero-order chi connectivity index (χ0) is 15.4. The molecule has 0 saturated heterocycles. The number of halogens is 3. The summed E-state index contributed by atoms with van der Waals surface area (Å²) in [4.78, 5) is 12.0. The van der Waals surface area contributed by atoms with Crippen LogP contribution in [0.5, 0.6) is 11.5 Å². The first-order chi connectivity index (χ1) is 10.0. The maximum absolute atomic E-state index is 13.5. The lowest BCUT2D eigenvalue weighted by atomic mass is 10.1. The van der Waals surface area contributed by atoms with Crippen molar-refractivity contribution in [2.75, 3.05) is 13.7 Å². The Kier molecular flexibility index (Phi) is 5.36. The Balaban J connectivity index is 2.08. The van der Waals surface area contributed by atoms with Gasteiger partial charge in [-0.3, -0.25) is 4.79 Å². The van der Waals surface area contributed by atoms with Gasteiger partial charge in [0.05, 0.1) is 11.6 Å². The van der Waals surface area contributed by atoms with Gasteiger partial charge >= 0.3 is 0 Å². The molecule has 3 nitrogen and oxygen atoms in total. The highest BCUT2D eigenvalue weighted by Gasteiger charge is 2.11. The minimum Gasteiger partial charge on any atom is -0.496 e. The predicted octanol–water partition coefficient (Wildman–Crippen LogP) is 4.62. The fourth-order valence-electron chi connectivity index (χ4n) is 1.65. The van der Waals surface area contributed by atoms with Gasteiger partial charge in [-0.15, -0.1) is 0 Å². The van der Waals surface area contributed by atoms with Crippen molar-refractivity contribution in [2.24, 2.45) is 0 Å². The molecule has 0 aliphatic carbocycles. The summed E-state index contributed by atoms with van der Waals surface area (Å²) in [5.41, 5.74) is 0.457. The van der Waals surface area contributed by atoms with Crippen molar-refractivity contribution in [3.8, 4) is 11.5 Å². The van der Waals surface area contributed by atoms with Crippen LogP contribution in [0, 0.1) is 5.82 Å². The highest BCUT2D eigenvalue weighted by Crippen LogP contribution is 2.26. The maximum atomic E-state index is 13.5. The highest BCUT2D eigenvalue weighted by atomic mass is 79.9. The van der Waals surface area contributed by atoms with Crippen LogP contribution < -0.4 is 9.47 Å². The molecule has 0 radical (unpaired) electrons. The minimum atomic E-state index is -0.512. The van der Waals surface area contributed by atoms with Crippen molar-refractivity contribution in [2.45, 2.75) is 0 Å². The van der Waals surface area contributed by atoms with E-state index in [-0.39, 0.29) is 18.1 Å². The second-order valence-electron chi connectivity index (χ2n) is 4.14. The first-order valence-electron chi connectivity index (χ1n) is 5.96. The molecule has 2 aromatic carbocycles. The molecule has 0 atom stereocenters. The number of rotatable bonds is 5. The molecule has 110 valence electrons. The standard InChI is InChI=1S/C15H11Br2FO3/c1-20-14-5-2-9(6-11(14)17)13(19)8-21-15-7-10(16)3-4-12(15)18/h2-7H,8H2,1H3. The van der Waals surface area contributed by atoms with Crippen LogP contribution in [0.25, 0.3) is 0 Å². The van der Waals surface area contributed by atoms with Crippen molar-refractivity contribution in [3.63, 3.8) is 0 Å². The molecule has 0 amide bonds. The zero-order valence-corrected chi connectivity index (χ0v) is 14.2. The molecule has 0 aromatic heterocycles. The van der Waals surface area contributed by atoms with Crippen molar-refractivity contribution in [3.05, 3.63) is 56.7 Å². The van der Waals surface area contributed by atoms with E-state index in [1.54, 1.807) is 31.4 Å². The molecule has 0 fully saturated rings. The molecule has 0 bridgehead atoms. The zero-order valence-electron chi connectivity index (χ0n) is 11.0. The van der Waals surface area contributed by atoms with E-state index in [0.717, 1.165) is 0 Å². The summed E-state index contributed by atoms with van der Waals surface area (Å²) >= 11 is 6.53. The third-order valence-electron chi connectivity index (χ3n) is 2.73. The van der Waals surface area contributed by atoms with Crippen LogP contribution >= 0.6 is 31.9 Å². The number of ketones is 1. The third kappa shape index (κ3) is 4.04. The molecular weight excluding hydrogens is 407 g/mol. The smallest absolute Gasteiger partial charge is 0.200 e. The monoisotopic (exact) mass is 416 g/mol. The number of hydrogen-bond acceptors (Lipinski definition) is 3. The number of ether oxygens (including phenoxy) is 2. The topological polar surface area (TPSA) is 35.5 Å². The quantitative estimate of drug-likeness (QED) is 0.666. The van der Waals surface area contributed by atoms with Crippen LogP contribution in [-0.4, -0.2) is 19.5 Å². The predicted molar refractivity (Wildman–Crippen MR) is 84.6 cm³/mol. The number of methoxy groups -OCH3 is 1. The van der Waals surface area contributed by atoms with Crippen LogP contribution in [0.1, 0.15) is 10.4 Å². The van der Waals surface area contributed by atoms with Crippen LogP contribution in [0.15, 0.2) is 45.3 Å². The summed E-state index contributed by atoms with van der Waals surface area (Å²) in [6, 6.07) is 9.26. The minimum absolute atomic E-state index is 0.0327. The molecule has 2 rings (SSSR count). The second-order valence-corrected chi connectivity index (χ2v) is 5.91. The summed E-state index contributed by atoms with van der Waals surface area (Å²) in [7, 11) is 1.54. The number of hydrogen-bond donors (Lipinski definition) is 0. The molecule has 0 aliphatic rings. The number of benzene rings is 2. The Morgan fingerprint density at radius 3 is 2.57 bits per heavy atom. The number of carbonyl (C=O) groups is 1. The van der Waals surface area contributed by atoms with Gasteiger partial charge in [0.25, 0.3) is 0 Å². The molecule has 21 heavy (non-hydrogen) atoms. The van der Waals surface area contributed by atoms with Gasteiger partial charge in [-0.1, -0.05) is 15.9 Å². The van der Waals surface area contributed by atoms with Crippen LogP contribution in [0.3, 0.4) is 0 Å². The molecule has 0 N–H and O–H groups in total. The van der Waals surface area contributed by atoms with Crippen LogP contribution in [0.2, 0.25) is 0 Å². The SMILES string of the molecule is COc1ccc(C(=O)COc2cc(Br)ccc2F)cc1Br. The number of Topliss-reactive ketones (excluding diaryl/α,β-unsaturated/α-hetero) is 1. The van der Waals surface area contributed by atoms with Crippen molar-refractivity contribution < 1.29 is 18.7 Å². The molecular formula is C15H11Br2FO3. The van der Waals surface area contributed by atoms with E-state index in [1.165, 1.54) is 12.1 Å². The second kappa shape index (κ2) is 7.04. The van der Waals surface area contributed by atoms with Gasteiger partial charge in [-0.2, -0.15) is 0 Å². The van der Waals surface area contributed by atoms with Crippen LogP contribution in [-0.2, 0) is 0 Å². The Labute approximate surface area is 138 Å². The number of carbonyl (C=O) groups excluding carboxylic acids is 1. The lowest BCUT2D eigenvalue weighted by Gasteiger charge is -2.08. The Hall–Kier alpha value is -1.40. The molecule has 0 unspecified atom stereocenters. The molecule has 6 heteroatoms. The van der Waals surface area contributed by atoms with E-state index in [9.17, 15) is 9.18 Å². The summed E-state index contributed by atoms with van der Waals surface area (Å²) in [5, 5.41) is 0. The Morgan fingerprint density at radius 1 is 1.14 bits per heavy atom. The fraction of sp³-hybridized carbons (Fsp3) is 0.133. The fourth-order valence-corrected chi connectivity index (χ4v) is 2.54. The van der Waals surface area contributed by atoms with Crippen molar-refractivity contribution >= 4 is 37.6 Å². The van der Waals surface area contributed by atoms with Crippen LogP contribution in [0.4, 0.5) is 4.39 Å². The summed E-state index contributed by atoms with van der Waals surface area (Å²) in [6.07, 6.45) is 0.